The average molecular weight is 393 g/mol. The van der Waals surface area contributed by atoms with E-state index in [1.54, 1.807) is 26.4 Å². The van der Waals surface area contributed by atoms with Gasteiger partial charge in [-0.15, -0.1) is 5.10 Å². The number of aromatic nitrogens is 3. The molecule has 2 heterocycles. The van der Waals surface area contributed by atoms with Gasteiger partial charge in [0.15, 0.2) is 17.3 Å². The highest BCUT2D eigenvalue weighted by molar-refractivity contribution is 7.15. The van der Waals surface area contributed by atoms with Crippen molar-refractivity contribution < 1.29 is 9.47 Å². The molecule has 0 amide bonds. The molecule has 7 heteroatoms. The standard InChI is InChI=1S/C21H19N3O3S/c1-4-13-5-7-14(8-6-13)11-18-20(25)24-21(28-18)22-19(23-24)15-9-10-16(26-2)17(12-15)27-3/h5-12H,4H2,1-3H3/b18-11-. The molecule has 0 aliphatic rings. The van der Waals surface area contributed by atoms with Crippen LogP contribution in [-0.4, -0.2) is 28.8 Å². The van der Waals surface area contributed by atoms with Crippen molar-refractivity contribution in [3.8, 4) is 22.9 Å². The zero-order chi connectivity index (χ0) is 19.7. The van der Waals surface area contributed by atoms with Crippen molar-refractivity contribution in [2.75, 3.05) is 14.2 Å². The highest BCUT2D eigenvalue weighted by Gasteiger charge is 2.14. The number of aryl methyl sites for hydroxylation is 1. The third kappa shape index (κ3) is 3.25. The highest BCUT2D eigenvalue weighted by atomic mass is 32.1. The van der Waals surface area contributed by atoms with Crippen LogP contribution in [0.15, 0.2) is 47.3 Å². The number of rotatable bonds is 5. The van der Waals surface area contributed by atoms with Gasteiger partial charge in [0.1, 0.15) is 0 Å². The van der Waals surface area contributed by atoms with Crippen molar-refractivity contribution in [2.24, 2.45) is 0 Å². The fraction of sp³-hybridized carbons (Fsp3) is 0.190. The van der Waals surface area contributed by atoms with Gasteiger partial charge in [0.2, 0.25) is 4.96 Å². The minimum absolute atomic E-state index is 0.168. The van der Waals surface area contributed by atoms with Crippen molar-refractivity contribution in [3.05, 3.63) is 68.5 Å². The van der Waals surface area contributed by atoms with Crippen LogP contribution in [0.3, 0.4) is 0 Å². The smallest absolute Gasteiger partial charge is 0.291 e. The maximum absolute atomic E-state index is 12.7. The number of fused-ring (bicyclic) bond motifs is 1. The first-order valence-electron chi connectivity index (χ1n) is 8.85. The Morgan fingerprint density at radius 3 is 2.46 bits per heavy atom. The number of hydrogen-bond acceptors (Lipinski definition) is 6. The van der Waals surface area contributed by atoms with Crippen LogP contribution < -0.4 is 19.6 Å². The first-order valence-corrected chi connectivity index (χ1v) is 9.67. The van der Waals surface area contributed by atoms with E-state index in [4.69, 9.17) is 9.47 Å². The van der Waals surface area contributed by atoms with E-state index in [0.717, 1.165) is 17.5 Å². The Kier molecular flexibility index (Phi) is 4.83. The van der Waals surface area contributed by atoms with Crippen LogP contribution in [0, 0.1) is 0 Å². The number of nitrogens with zero attached hydrogens (tertiary/aromatic N) is 3. The van der Waals surface area contributed by atoms with E-state index in [2.05, 4.69) is 29.1 Å². The summed E-state index contributed by atoms with van der Waals surface area (Å²) in [4.78, 5) is 17.8. The third-order valence-corrected chi connectivity index (χ3v) is 5.47. The van der Waals surface area contributed by atoms with Crippen molar-refractivity contribution in [1.82, 2.24) is 14.6 Å². The van der Waals surface area contributed by atoms with E-state index in [1.807, 2.05) is 24.3 Å². The molecule has 0 saturated heterocycles. The van der Waals surface area contributed by atoms with Gasteiger partial charge in [-0.25, -0.2) is 0 Å². The second kappa shape index (κ2) is 7.44. The Bertz CT molecular complexity index is 1240. The second-order valence-corrected chi connectivity index (χ2v) is 7.22. The van der Waals surface area contributed by atoms with E-state index in [1.165, 1.54) is 21.4 Å². The SMILES string of the molecule is CCc1ccc(/C=c2\sc3nc(-c4ccc(OC)c(OC)c4)nn3c2=O)cc1. The summed E-state index contributed by atoms with van der Waals surface area (Å²) in [5.41, 5.74) is 2.84. The Morgan fingerprint density at radius 2 is 1.82 bits per heavy atom. The minimum Gasteiger partial charge on any atom is -0.493 e. The Labute approximate surface area is 165 Å². The summed E-state index contributed by atoms with van der Waals surface area (Å²) >= 11 is 1.33. The molecule has 0 radical (unpaired) electrons. The van der Waals surface area contributed by atoms with Crippen LogP contribution in [-0.2, 0) is 6.42 Å². The molecule has 0 saturated carbocycles. The van der Waals surface area contributed by atoms with Crippen LogP contribution in [0.1, 0.15) is 18.1 Å². The average Bonchev–Trinajstić information content (AvgIpc) is 3.27. The van der Waals surface area contributed by atoms with Gasteiger partial charge in [-0.05, 0) is 41.8 Å². The molecule has 0 unspecified atom stereocenters. The van der Waals surface area contributed by atoms with Crippen LogP contribution in [0.25, 0.3) is 22.4 Å². The molecule has 2 aromatic heterocycles. The first kappa shape index (κ1) is 18.2. The molecule has 28 heavy (non-hydrogen) atoms. The van der Waals surface area contributed by atoms with E-state index in [9.17, 15) is 4.79 Å². The van der Waals surface area contributed by atoms with Crippen molar-refractivity contribution >= 4 is 22.4 Å². The topological polar surface area (TPSA) is 65.7 Å². The summed E-state index contributed by atoms with van der Waals surface area (Å²) in [5.74, 6) is 1.69. The molecule has 0 aliphatic carbocycles. The van der Waals surface area contributed by atoms with Crippen molar-refractivity contribution in [1.29, 1.82) is 0 Å². The van der Waals surface area contributed by atoms with E-state index in [0.29, 0.717) is 26.8 Å². The molecule has 142 valence electrons. The van der Waals surface area contributed by atoms with E-state index >= 15 is 0 Å². The molecule has 2 aromatic carbocycles. The maximum Gasteiger partial charge on any atom is 0.291 e. The fourth-order valence-electron chi connectivity index (χ4n) is 2.93. The fourth-order valence-corrected chi connectivity index (χ4v) is 3.84. The van der Waals surface area contributed by atoms with Gasteiger partial charge in [0.05, 0.1) is 18.8 Å². The van der Waals surface area contributed by atoms with E-state index in [-0.39, 0.29) is 5.56 Å². The molecule has 6 nitrogen and oxygen atoms in total. The van der Waals surface area contributed by atoms with Crippen LogP contribution in [0.4, 0.5) is 0 Å². The molecule has 0 bridgehead atoms. The lowest BCUT2D eigenvalue weighted by molar-refractivity contribution is 0.355. The summed E-state index contributed by atoms with van der Waals surface area (Å²) in [6.45, 7) is 2.12. The summed E-state index contributed by atoms with van der Waals surface area (Å²) in [6.07, 6.45) is 2.86. The third-order valence-electron chi connectivity index (χ3n) is 4.51. The Hall–Kier alpha value is -3.19. The summed E-state index contributed by atoms with van der Waals surface area (Å²) in [5, 5.41) is 4.39. The van der Waals surface area contributed by atoms with Gasteiger partial charge < -0.3 is 9.47 Å². The zero-order valence-corrected chi connectivity index (χ0v) is 16.6. The highest BCUT2D eigenvalue weighted by Crippen LogP contribution is 2.31. The number of thiazole rings is 1. The van der Waals surface area contributed by atoms with Gasteiger partial charge >= 0.3 is 0 Å². The van der Waals surface area contributed by atoms with Crippen LogP contribution in [0.2, 0.25) is 0 Å². The maximum atomic E-state index is 12.7. The minimum atomic E-state index is -0.168. The van der Waals surface area contributed by atoms with Crippen LogP contribution in [0.5, 0.6) is 11.5 Å². The molecule has 0 spiro atoms. The summed E-state index contributed by atoms with van der Waals surface area (Å²) in [6, 6.07) is 13.6. The molecule has 0 aliphatic heterocycles. The number of methoxy groups -OCH3 is 2. The molecular weight excluding hydrogens is 374 g/mol. The molecular formula is C21H19N3O3S. The Balaban J connectivity index is 1.74. The van der Waals surface area contributed by atoms with Crippen molar-refractivity contribution in [2.45, 2.75) is 13.3 Å². The van der Waals surface area contributed by atoms with E-state index < -0.39 is 0 Å². The molecule has 0 atom stereocenters. The zero-order valence-electron chi connectivity index (χ0n) is 15.8. The lowest BCUT2D eigenvalue weighted by atomic mass is 10.1. The van der Waals surface area contributed by atoms with Gasteiger partial charge in [-0.1, -0.05) is 42.5 Å². The molecule has 4 rings (SSSR count). The van der Waals surface area contributed by atoms with Crippen LogP contribution >= 0.6 is 11.3 Å². The summed E-state index contributed by atoms with van der Waals surface area (Å²) < 4.78 is 12.5. The molecule has 0 N–H and O–H groups in total. The number of benzene rings is 2. The van der Waals surface area contributed by atoms with Gasteiger partial charge in [-0.3, -0.25) is 4.79 Å². The van der Waals surface area contributed by atoms with Crippen molar-refractivity contribution in [3.63, 3.8) is 0 Å². The van der Waals surface area contributed by atoms with Gasteiger partial charge in [0.25, 0.3) is 5.56 Å². The van der Waals surface area contributed by atoms with Gasteiger partial charge in [0, 0.05) is 5.56 Å². The number of ether oxygens (including phenoxy) is 2. The second-order valence-electron chi connectivity index (χ2n) is 6.21. The Morgan fingerprint density at radius 1 is 1.07 bits per heavy atom. The van der Waals surface area contributed by atoms with Gasteiger partial charge in [-0.2, -0.15) is 9.50 Å². The molecule has 0 fully saturated rings. The quantitative estimate of drug-likeness (QED) is 0.522. The first-order chi connectivity index (χ1) is 13.6. The lowest BCUT2D eigenvalue weighted by Gasteiger charge is -2.07. The largest absolute Gasteiger partial charge is 0.493 e. The monoisotopic (exact) mass is 393 g/mol. The summed E-state index contributed by atoms with van der Waals surface area (Å²) in [7, 11) is 3.16. The molecule has 4 aromatic rings. The normalized spacial score (nSPS) is 11.9. The lowest BCUT2D eigenvalue weighted by Crippen LogP contribution is -2.23. The number of hydrogen-bond donors (Lipinski definition) is 0. The predicted octanol–water partition coefficient (Wildman–Crippen LogP) is 2.95. The predicted molar refractivity (Wildman–Crippen MR) is 110 cm³/mol.